The van der Waals surface area contributed by atoms with Crippen LogP contribution in [0.4, 0.5) is 23.2 Å². The average molecular weight is 341 g/mol. The van der Waals surface area contributed by atoms with Crippen molar-refractivity contribution in [3.05, 3.63) is 24.0 Å². The van der Waals surface area contributed by atoms with E-state index in [0.717, 1.165) is 12.1 Å². The molecule has 1 heterocycles. The van der Waals surface area contributed by atoms with E-state index in [4.69, 9.17) is 0 Å². The fourth-order valence-electron chi connectivity index (χ4n) is 2.52. The third-order valence-corrected chi connectivity index (χ3v) is 5.15. The molecule has 1 N–H and O–H groups in total. The summed E-state index contributed by atoms with van der Waals surface area (Å²) in [6, 6.07) is 2.35. The molecule has 2 rings (SSSR count). The van der Waals surface area contributed by atoms with Gasteiger partial charge in [-0.3, -0.25) is 0 Å². The van der Waals surface area contributed by atoms with Crippen LogP contribution in [0.2, 0.25) is 0 Å². The molecule has 1 atom stereocenters. The van der Waals surface area contributed by atoms with Gasteiger partial charge in [0.15, 0.2) is 0 Å². The van der Waals surface area contributed by atoms with Crippen LogP contribution in [0.25, 0.3) is 0 Å². The molecule has 1 aliphatic heterocycles. The Morgan fingerprint density at radius 3 is 2.59 bits per heavy atom. The highest BCUT2D eigenvalue weighted by Crippen LogP contribution is 2.37. The van der Waals surface area contributed by atoms with Crippen molar-refractivity contribution < 1.29 is 31.1 Å². The number of aliphatic hydroxyl groups is 1. The number of halogens is 4. The van der Waals surface area contributed by atoms with E-state index >= 15 is 0 Å². The molecule has 0 spiro atoms. The van der Waals surface area contributed by atoms with E-state index in [2.05, 4.69) is 0 Å². The lowest BCUT2D eigenvalue weighted by Crippen LogP contribution is -2.38. The first-order valence-corrected chi connectivity index (χ1v) is 8.12. The SMILES string of the molecule is O=S(=O)(c1cc(F)ccc1N1CCC[C@@H](CO)C1)C(F)(F)F. The van der Waals surface area contributed by atoms with Gasteiger partial charge >= 0.3 is 5.51 Å². The molecule has 1 aromatic carbocycles. The molecule has 0 aromatic heterocycles. The zero-order chi connectivity index (χ0) is 16.5. The van der Waals surface area contributed by atoms with Gasteiger partial charge in [-0.05, 0) is 37.0 Å². The van der Waals surface area contributed by atoms with E-state index in [9.17, 15) is 31.1 Å². The smallest absolute Gasteiger partial charge is 0.396 e. The number of hydrogen-bond acceptors (Lipinski definition) is 4. The normalized spacial score (nSPS) is 20.2. The number of nitrogens with zero attached hydrogens (tertiary/aromatic N) is 1. The minimum absolute atomic E-state index is 0.140. The van der Waals surface area contributed by atoms with E-state index in [1.165, 1.54) is 4.90 Å². The molecule has 1 aliphatic rings. The number of rotatable bonds is 3. The maximum atomic E-state index is 13.3. The van der Waals surface area contributed by atoms with Crippen molar-refractivity contribution in [3.63, 3.8) is 0 Å². The summed E-state index contributed by atoms with van der Waals surface area (Å²) in [5, 5.41) is 9.17. The van der Waals surface area contributed by atoms with Gasteiger partial charge in [0, 0.05) is 19.7 Å². The van der Waals surface area contributed by atoms with Gasteiger partial charge in [0.05, 0.1) is 5.69 Å². The predicted molar refractivity (Wildman–Crippen MR) is 71.7 cm³/mol. The fourth-order valence-corrected chi connectivity index (χ4v) is 3.51. The van der Waals surface area contributed by atoms with Crippen LogP contribution in [0.1, 0.15) is 12.8 Å². The van der Waals surface area contributed by atoms with E-state index in [1.807, 2.05) is 0 Å². The van der Waals surface area contributed by atoms with Crippen LogP contribution in [0.15, 0.2) is 23.1 Å². The van der Waals surface area contributed by atoms with Gasteiger partial charge in [0.2, 0.25) is 0 Å². The number of piperidine rings is 1. The molecule has 1 saturated heterocycles. The van der Waals surface area contributed by atoms with Crippen LogP contribution in [0.5, 0.6) is 0 Å². The minimum Gasteiger partial charge on any atom is -0.396 e. The van der Waals surface area contributed by atoms with Gasteiger partial charge in [-0.2, -0.15) is 13.2 Å². The molecule has 0 bridgehead atoms. The number of benzene rings is 1. The van der Waals surface area contributed by atoms with Crippen LogP contribution in [-0.2, 0) is 9.84 Å². The maximum Gasteiger partial charge on any atom is 0.501 e. The Bertz CT molecular complexity index is 645. The fraction of sp³-hybridized carbons (Fsp3) is 0.538. The molecule has 22 heavy (non-hydrogen) atoms. The van der Waals surface area contributed by atoms with Crippen LogP contribution in [0.3, 0.4) is 0 Å². The lowest BCUT2D eigenvalue weighted by atomic mass is 9.98. The van der Waals surface area contributed by atoms with Gasteiger partial charge in [0.25, 0.3) is 9.84 Å². The molecule has 1 aromatic rings. The van der Waals surface area contributed by atoms with Crippen molar-refractivity contribution in [1.29, 1.82) is 0 Å². The average Bonchev–Trinajstić information content (AvgIpc) is 2.46. The molecule has 0 amide bonds. The van der Waals surface area contributed by atoms with E-state index in [1.54, 1.807) is 0 Å². The van der Waals surface area contributed by atoms with Gasteiger partial charge in [-0.1, -0.05) is 0 Å². The zero-order valence-electron chi connectivity index (χ0n) is 11.5. The van der Waals surface area contributed by atoms with Crippen LogP contribution < -0.4 is 4.90 Å². The second kappa shape index (κ2) is 6.04. The number of alkyl halides is 3. The Kier molecular flexibility index (Phi) is 4.67. The van der Waals surface area contributed by atoms with Gasteiger partial charge in [-0.15, -0.1) is 0 Å². The van der Waals surface area contributed by atoms with Crippen LogP contribution >= 0.6 is 0 Å². The first kappa shape index (κ1) is 17.0. The van der Waals surface area contributed by atoms with Crippen molar-refractivity contribution in [1.82, 2.24) is 0 Å². The number of sulfone groups is 1. The summed E-state index contributed by atoms with van der Waals surface area (Å²) in [4.78, 5) is 0.362. The standard InChI is InChI=1S/C13H15F4NO3S/c14-10-3-4-11(18-5-1-2-9(7-18)8-19)12(6-10)22(20,21)13(15,16)17/h3-4,6,9,19H,1-2,5,7-8H2/t9-/m1/s1. The number of hydrogen-bond donors (Lipinski definition) is 1. The maximum absolute atomic E-state index is 13.3. The summed E-state index contributed by atoms with van der Waals surface area (Å²) in [5.74, 6) is -1.21. The lowest BCUT2D eigenvalue weighted by molar-refractivity contribution is -0.0435. The predicted octanol–water partition coefficient (Wildman–Crippen LogP) is 2.33. The van der Waals surface area contributed by atoms with Gasteiger partial charge in [0.1, 0.15) is 10.7 Å². The molecule has 1 fully saturated rings. The minimum atomic E-state index is -5.65. The van der Waals surface area contributed by atoms with E-state index < -0.39 is 26.1 Å². The Hall–Kier alpha value is -1.35. The van der Waals surface area contributed by atoms with Gasteiger partial charge in [-0.25, -0.2) is 12.8 Å². The molecule has 4 nitrogen and oxygen atoms in total. The summed E-state index contributed by atoms with van der Waals surface area (Å²) in [6.07, 6.45) is 1.31. The second-order valence-electron chi connectivity index (χ2n) is 5.20. The van der Waals surface area contributed by atoms with E-state index in [-0.39, 0.29) is 24.8 Å². The lowest BCUT2D eigenvalue weighted by Gasteiger charge is -2.34. The largest absolute Gasteiger partial charge is 0.501 e. The Morgan fingerprint density at radius 2 is 2.00 bits per heavy atom. The Morgan fingerprint density at radius 1 is 1.32 bits per heavy atom. The summed E-state index contributed by atoms with van der Waals surface area (Å²) >= 11 is 0. The number of anilines is 1. The summed E-state index contributed by atoms with van der Waals surface area (Å²) in [7, 11) is -5.65. The first-order valence-electron chi connectivity index (χ1n) is 6.63. The quantitative estimate of drug-likeness (QED) is 0.858. The highest BCUT2D eigenvalue weighted by Gasteiger charge is 2.48. The van der Waals surface area contributed by atoms with Crippen molar-refractivity contribution in [2.75, 3.05) is 24.6 Å². The summed E-state index contributed by atoms with van der Waals surface area (Å²) < 4.78 is 74.9. The molecule has 0 aliphatic carbocycles. The van der Waals surface area contributed by atoms with Crippen molar-refractivity contribution in [3.8, 4) is 0 Å². The Balaban J connectivity index is 2.49. The van der Waals surface area contributed by atoms with Crippen LogP contribution in [-0.4, -0.2) is 38.7 Å². The van der Waals surface area contributed by atoms with E-state index in [0.29, 0.717) is 25.5 Å². The van der Waals surface area contributed by atoms with Crippen molar-refractivity contribution in [2.45, 2.75) is 23.2 Å². The molecule has 0 saturated carbocycles. The topological polar surface area (TPSA) is 57.6 Å². The van der Waals surface area contributed by atoms with Crippen molar-refractivity contribution in [2.24, 2.45) is 5.92 Å². The monoisotopic (exact) mass is 341 g/mol. The highest BCUT2D eigenvalue weighted by molar-refractivity contribution is 7.92. The van der Waals surface area contributed by atoms with Crippen LogP contribution in [0, 0.1) is 11.7 Å². The third-order valence-electron chi connectivity index (χ3n) is 3.63. The highest BCUT2D eigenvalue weighted by atomic mass is 32.2. The third kappa shape index (κ3) is 3.19. The Labute approximate surface area is 125 Å². The summed E-state index contributed by atoms with van der Waals surface area (Å²) in [6.45, 7) is 0.435. The number of aliphatic hydroxyl groups excluding tert-OH is 1. The molecular weight excluding hydrogens is 326 g/mol. The van der Waals surface area contributed by atoms with Crippen molar-refractivity contribution >= 4 is 15.5 Å². The molecule has 9 heteroatoms. The second-order valence-corrected chi connectivity index (χ2v) is 7.11. The zero-order valence-corrected chi connectivity index (χ0v) is 12.3. The molecule has 0 radical (unpaired) electrons. The molecule has 124 valence electrons. The van der Waals surface area contributed by atoms with Gasteiger partial charge < -0.3 is 10.0 Å². The first-order chi connectivity index (χ1) is 10.2. The summed E-state index contributed by atoms with van der Waals surface area (Å²) in [5.41, 5.74) is -5.68. The molecular formula is C13H15F4NO3S. The molecule has 0 unspecified atom stereocenters.